The molecule has 0 bridgehead atoms. The summed E-state index contributed by atoms with van der Waals surface area (Å²) < 4.78 is 36.1. The SMILES string of the molecule is CO[C@@H]1C[C@H](C(=O)Nc2cc([C@H](C[C@H](N[S+]([O-])C(C)(C)C)C3CC3)c3ccccn3)ccc2F)N(C(=O)O)C1. The summed E-state index contributed by atoms with van der Waals surface area (Å²) in [6.07, 6.45) is 2.93. The number of halogens is 1. The van der Waals surface area contributed by atoms with Crippen LogP contribution in [0.1, 0.15) is 63.6 Å². The van der Waals surface area contributed by atoms with Crippen LogP contribution in [0, 0.1) is 11.7 Å². The zero-order valence-electron chi connectivity index (χ0n) is 22.7. The predicted octanol–water partition coefficient (Wildman–Crippen LogP) is 4.28. The quantitative estimate of drug-likeness (QED) is 0.370. The molecule has 1 aromatic carbocycles. The van der Waals surface area contributed by atoms with Gasteiger partial charge in [0.15, 0.2) is 0 Å². The Kier molecular flexibility index (Phi) is 9.15. The monoisotopic (exact) mass is 560 g/mol. The second-order valence-corrected chi connectivity index (χ2v) is 13.3. The van der Waals surface area contributed by atoms with E-state index in [2.05, 4.69) is 15.0 Å². The van der Waals surface area contributed by atoms with Gasteiger partial charge < -0.3 is 19.7 Å². The zero-order chi connectivity index (χ0) is 28.3. The van der Waals surface area contributed by atoms with Crippen LogP contribution in [-0.4, -0.2) is 68.1 Å². The zero-order valence-corrected chi connectivity index (χ0v) is 23.5. The van der Waals surface area contributed by atoms with Gasteiger partial charge in [0.05, 0.1) is 24.4 Å². The maximum absolute atomic E-state index is 14.9. The van der Waals surface area contributed by atoms with Crippen molar-refractivity contribution in [1.82, 2.24) is 14.6 Å². The maximum atomic E-state index is 14.9. The van der Waals surface area contributed by atoms with Crippen LogP contribution in [0.2, 0.25) is 0 Å². The predicted molar refractivity (Wildman–Crippen MR) is 147 cm³/mol. The second kappa shape index (κ2) is 12.2. The molecule has 1 aliphatic carbocycles. The minimum Gasteiger partial charge on any atom is -0.598 e. The molecule has 9 nitrogen and oxygen atoms in total. The fourth-order valence-corrected chi connectivity index (χ4v) is 5.83. The standard InChI is InChI=1S/C28H37FN4O5S/c1-28(2,3)39(37)32-23(17-8-9-17)15-20(22-7-5-6-12-30-22)18-10-11-21(29)24(13-18)31-26(34)25-14-19(38-4)16-33(25)27(35)36/h5-7,10-13,17,19-20,23,25,32H,8-9,14-16H2,1-4H3,(H,31,34)(H,35,36)/t19-,20+,23+,25-,39?/m1/s1. The molecule has 1 aromatic heterocycles. The molecule has 11 heteroatoms. The summed E-state index contributed by atoms with van der Waals surface area (Å²) in [5, 5.41) is 12.1. The fourth-order valence-electron chi connectivity index (χ4n) is 4.91. The van der Waals surface area contributed by atoms with E-state index in [1.165, 1.54) is 13.2 Å². The van der Waals surface area contributed by atoms with E-state index < -0.39 is 46.1 Å². The first kappa shape index (κ1) is 29.3. The van der Waals surface area contributed by atoms with Crippen molar-refractivity contribution in [2.75, 3.05) is 19.0 Å². The third kappa shape index (κ3) is 7.27. The molecular weight excluding hydrogens is 523 g/mol. The second-order valence-electron chi connectivity index (χ2n) is 11.3. The van der Waals surface area contributed by atoms with E-state index in [1.807, 2.05) is 39.0 Å². The van der Waals surface area contributed by atoms with Crippen molar-refractivity contribution in [2.45, 2.75) is 75.3 Å². The molecule has 2 fully saturated rings. The van der Waals surface area contributed by atoms with Crippen LogP contribution in [0.4, 0.5) is 14.9 Å². The molecule has 5 atom stereocenters. The lowest BCUT2D eigenvalue weighted by Crippen LogP contribution is -2.46. The van der Waals surface area contributed by atoms with E-state index >= 15 is 0 Å². The summed E-state index contributed by atoms with van der Waals surface area (Å²) in [5.41, 5.74) is 1.50. The highest BCUT2D eigenvalue weighted by molar-refractivity contribution is 7.90. The molecule has 1 aliphatic heterocycles. The highest BCUT2D eigenvalue weighted by Gasteiger charge is 2.41. The third-order valence-corrected chi connectivity index (χ3v) is 8.96. The van der Waals surface area contributed by atoms with Crippen molar-refractivity contribution in [3.8, 4) is 0 Å². The Morgan fingerprint density at radius 2 is 2.03 bits per heavy atom. The summed E-state index contributed by atoms with van der Waals surface area (Å²) in [5.74, 6) is -1.10. The molecule has 0 spiro atoms. The van der Waals surface area contributed by atoms with Crippen LogP contribution in [-0.2, 0) is 20.9 Å². The summed E-state index contributed by atoms with van der Waals surface area (Å²) in [6.45, 7) is 5.85. The number of methoxy groups -OCH3 is 1. The van der Waals surface area contributed by atoms with Crippen LogP contribution in [0.25, 0.3) is 0 Å². The molecule has 2 aromatic rings. The Labute approximate surface area is 231 Å². The van der Waals surface area contributed by atoms with E-state index in [0.29, 0.717) is 12.3 Å². The Bertz CT molecular complexity index is 1160. The Balaban J connectivity index is 1.60. The molecule has 2 heterocycles. The smallest absolute Gasteiger partial charge is 0.408 e. The normalized spacial score (nSPS) is 21.8. The number of aromatic nitrogens is 1. The molecule has 1 unspecified atom stereocenters. The van der Waals surface area contributed by atoms with E-state index in [1.54, 1.807) is 18.3 Å². The number of pyridine rings is 1. The average Bonchev–Trinajstić information content (AvgIpc) is 3.65. The number of anilines is 1. The van der Waals surface area contributed by atoms with Gasteiger partial charge in [0, 0.05) is 42.7 Å². The van der Waals surface area contributed by atoms with Gasteiger partial charge in [0.25, 0.3) is 0 Å². The molecule has 212 valence electrons. The summed E-state index contributed by atoms with van der Waals surface area (Å²) >= 11 is -1.26. The first-order chi connectivity index (χ1) is 18.5. The number of rotatable bonds is 10. The number of ether oxygens (including phenoxy) is 1. The van der Waals surface area contributed by atoms with Gasteiger partial charge in [-0.25, -0.2) is 9.18 Å². The Hall–Kier alpha value is -2.73. The topological polar surface area (TPSA) is 127 Å². The van der Waals surface area contributed by atoms with Crippen LogP contribution in [0.3, 0.4) is 0 Å². The van der Waals surface area contributed by atoms with Crippen molar-refractivity contribution < 1.29 is 28.4 Å². The number of benzene rings is 1. The number of carbonyl (C=O) groups is 2. The molecule has 1 saturated heterocycles. The van der Waals surface area contributed by atoms with Gasteiger partial charge in [-0.3, -0.25) is 14.7 Å². The van der Waals surface area contributed by atoms with Crippen LogP contribution in [0.15, 0.2) is 42.6 Å². The number of nitrogens with one attached hydrogen (secondary N) is 2. The summed E-state index contributed by atoms with van der Waals surface area (Å²) in [4.78, 5) is 30.4. The number of likely N-dealkylation sites (tertiary alicyclic amines) is 1. The lowest BCUT2D eigenvalue weighted by atomic mass is 9.87. The number of hydrogen-bond donors (Lipinski definition) is 3. The first-order valence-corrected chi connectivity index (χ1v) is 14.3. The van der Waals surface area contributed by atoms with Crippen molar-refractivity contribution in [1.29, 1.82) is 0 Å². The lowest BCUT2D eigenvalue weighted by molar-refractivity contribution is -0.120. The van der Waals surface area contributed by atoms with Gasteiger partial charge in [-0.15, -0.1) is 4.72 Å². The van der Waals surface area contributed by atoms with E-state index in [-0.39, 0.29) is 30.6 Å². The molecule has 2 amide bonds. The molecule has 39 heavy (non-hydrogen) atoms. The van der Waals surface area contributed by atoms with Gasteiger partial charge in [-0.05, 0) is 75.8 Å². The van der Waals surface area contributed by atoms with E-state index in [9.17, 15) is 23.6 Å². The summed E-state index contributed by atoms with van der Waals surface area (Å²) in [6, 6.07) is 9.17. The fraction of sp³-hybridized carbons (Fsp3) is 0.536. The summed E-state index contributed by atoms with van der Waals surface area (Å²) in [7, 11) is 1.46. The van der Waals surface area contributed by atoms with Crippen molar-refractivity contribution >= 4 is 29.0 Å². The molecule has 1 saturated carbocycles. The van der Waals surface area contributed by atoms with Crippen LogP contribution < -0.4 is 10.0 Å². The van der Waals surface area contributed by atoms with Crippen molar-refractivity contribution in [3.63, 3.8) is 0 Å². The molecular formula is C28H37FN4O5S. The van der Waals surface area contributed by atoms with Crippen LogP contribution >= 0.6 is 0 Å². The third-order valence-electron chi connectivity index (χ3n) is 7.34. The lowest BCUT2D eigenvalue weighted by Gasteiger charge is -2.30. The van der Waals surface area contributed by atoms with Crippen LogP contribution in [0.5, 0.6) is 0 Å². The van der Waals surface area contributed by atoms with Gasteiger partial charge in [0.1, 0.15) is 16.6 Å². The molecule has 3 N–H and O–H groups in total. The Morgan fingerprint density at radius 3 is 2.62 bits per heavy atom. The van der Waals surface area contributed by atoms with Crippen molar-refractivity contribution in [2.24, 2.45) is 5.92 Å². The number of amides is 2. The maximum Gasteiger partial charge on any atom is 0.408 e. The van der Waals surface area contributed by atoms with E-state index in [4.69, 9.17) is 4.74 Å². The highest BCUT2D eigenvalue weighted by atomic mass is 32.2. The Morgan fingerprint density at radius 1 is 1.28 bits per heavy atom. The molecule has 4 rings (SSSR count). The molecule has 2 aliphatic rings. The van der Waals surface area contributed by atoms with E-state index in [0.717, 1.165) is 29.0 Å². The van der Waals surface area contributed by atoms with Crippen molar-refractivity contribution in [3.05, 3.63) is 59.7 Å². The average molecular weight is 561 g/mol. The minimum atomic E-state index is -1.26. The van der Waals surface area contributed by atoms with Gasteiger partial charge >= 0.3 is 6.09 Å². The number of hydrogen-bond acceptors (Lipinski definition) is 6. The number of carbonyl (C=O) groups excluding carboxylic acids is 1. The van der Waals surface area contributed by atoms with Gasteiger partial charge in [0.2, 0.25) is 5.91 Å². The number of carboxylic acid groups (broad SMARTS) is 1. The van der Waals surface area contributed by atoms with Gasteiger partial charge in [-0.2, -0.15) is 0 Å². The molecule has 0 radical (unpaired) electrons. The minimum absolute atomic E-state index is 0.0289. The largest absolute Gasteiger partial charge is 0.598 e. The number of nitrogens with zero attached hydrogens (tertiary/aromatic N) is 2. The van der Waals surface area contributed by atoms with Gasteiger partial charge in [-0.1, -0.05) is 12.1 Å². The highest BCUT2D eigenvalue weighted by Crippen LogP contribution is 2.40. The first-order valence-electron chi connectivity index (χ1n) is 13.2.